The summed E-state index contributed by atoms with van der Waals surface area (Å²) in [6.07, 6.45) is 0.567. The Balaban J connectivity index is 2.87. The fourth-order valence-corrected chi connectivity index (χ4v) is 3.30. The van der Waals surface area contributed by atoms with E-state index >= 15 is 0 Å². The summed E-state index contributed by atoms with van der Waals surface area (Å²) < 4.78 is 37.0. The lowest BCUT2D eigenvalue weighted by Gasteiger charge is -2.10. The van der Waals surface area contributed by atoms with Crippen LogP contribution >= 0.6 is 11.6 Å². The highest BCUT2D eigenvalue weighted by molar-refractivity contribution is 7.90. The van der Waals surface area contributed by atoms with Gasteiger partial charge < -0.3 is 5.73 Å². The van der Waals surface area contributed by atoms with Crippen LogP contribution in [0.2, 0.25) is 5.02 Å². The Morgan fingerprint density at radius 1 is 1.47 bits per heavy atom. The van der Waals surface area contributed by atoms with Crippen LogP contribution in [-0.2, 0) is 15.6 Å². The predicted molar refractivity (Wildman–Crippen MR) is 67.2 cm³/mol. The summed E-state index contributed by atoms with van der Waals surface area (Å²) in [7, 11) is -3.41. The zero-order valence-electron chi connectivity index (χ0n) is 9.49. The van der Waals surface area contributed by atoms with E-state index in [0.717, 1.165) is 0 Å². The molecule has 0 aromatic heterocycles. The number of sulfone groups is 1. The van der Waals surface area contributed by atoms with Crippen LogP contribution in [0.15, 0.2) is 18.2 Å². The lowest BCUT2D eigenvalue weighted by atomic mass is 10.2. The van der Waals surface area contributed by atoms with Crippen molar-refractivity contribution >= 4 is 21.4 Å². The second-order valence-corrected chi connectivity index (χ2v) is 6.45. The van der Waals surface area contributed by atoms with Gasteiger partial charge in [0, 0.05) is 11.6 Å². The SMILES string of the molecule is CCC(N)CS(=O)(=O)Cc1cccc(Cl)c1F. The standard InChI is InChI=1S/C11H15ClFNO2S/c1-2-9(14)7-17(15,16)6-8-4-3-5-10(12)11(8)13/h3-5,9H,2,6-7,14H2,1H3. The maximum Gasteiger partial charge on any atom is 0.156 e. The zero-order chi connectivity index (χ0) is 13.1. The first-order valence-electron chi connectivity index (χ1n) is 5.24. The molecular weight excluding hydrogens is 265 g/mol. The first-order valence-corrected chi connectivity index (χ1v) is 7.44. The van der Waals surface area contributed by atoms with Gasteiger partial charge in [-0.25, -0.2) is 12.8 Å². The van der Waals surface area contributed by atoms with Gasteiger partial charge in [-0.15, -0.1) is 0 Å². The summed E-state index contributed by atoms with van der Waals surface area (Å²) in [5.41, 5.74) is 5.67. The van der Waals surface area contributed by atoms with Gasteiger partial charge in [0.1, 0.15) is 5.82 Å². The summed E-state index contributed by atoms with van der Waals surface area (Å²) in [6.45, 7) is 1.81. The molecule has 1 atom stereocenters. The Hall–Kier alpha value is -0.650. The second-order valence-electron chi connectivity index (χ2n) is 3.94. The van der Waals surface area contributed by atoms with Crippen molar-refractivity contribution in [3.8, 4) is 0 Å². The summed E-state index contributed by atoms with van der Waals surface area (Å²) in [4.78, 5) is 0. The van der Waals surface area contributed by atoms with Crippen LogP contribution in [-0.4, -0.2) is 20.2 Å². The number of rotatable bonds is 5. The maximum absolute atomic E-state index is 13.5. The minimum atomic E-state index is -3.41. The minimum absolute atomic E-state index is 0.0718. The summed E-state index contributed by atoms with van der Waals surface area (Å²) in [6, 6.07) is 3.90. The quantitative estimate of drug-likeness (QED) is 0.898. The van der Waals surface area contributed by atoms with E-state index in [9.17, 15) is 12.8 Å². The molecule has 17 heavy (non-hydrogen) atoms. The molecular formula is C11H15ClFNO2S. The molecule has 0 saturated carbocycles. The Labute approximate surface area is 106 Å². The Kier molecular flexibility index (Phi) is 4.91. The third kappa shape index (κ3) is 4.26. The van der Waals surface area contributed by atoms with Crippen molar-refractivity contribution in [2.24, 2.45) is 5.73 Å². The molecule has 0 aliphatic carbocycles. The third-order valence-electron chi connectivity index (χ3n) is 2.40. The molecule has 1 aromatic rings. The number of benzene rings is 1. The molecule has 2 N–H and O–H groups in total. The third-order valence-corrected chi connectivity index (χ3v) is 4.38. The molecule has 6 heteroatoms. The molecule has 1 aromatic carbocycles. The van der Waals surface area contributed by atoms with E-state index in [1.165, 1.54) is 18.2 Å². The monoisotopic (exact) mass is 279 g/mol. The van der Waals surface area contributed by atoms with Crippen molar-refractivity contribution in [3.05, 3.63) is 34.6 Å². The van der Waals surface area contributed by atoms with E-state index < -0.39 is 21.7 Å². The van der Waals surface area contributed by atoms with E-state index in [-0.39, 0.29) is 22.1 Å². The molecule has 0 bridgehead atoms. The van der Waals surface area contributed by atoms with Crippen LogP contribution in [0.25, 0.3) is 0 Å². The summed E-state index contributed by atoms with van der Waals surface area (Å²) in [5, 5.41) is -0.0718. The maximum atomic E-state index is 13.5. The lowest BCUT2D eigenvalue weighted by Crippen LogP contribution is -2.29. The molecule has 96 valence electrons. The zero-order valence-corrected chi connectivity index (χ0v) is 11.1. The largest absolute Gasteiger partial charge is 0.327 e. The molecule has 0 aliphatic heterocycles. The van der Waals surface area contributed by atoms with E-state index in [1.807, 2.05) is 0 Å². The van der Waals surface area contributed by atoms with Crippen LogP contribution in [0.1, 0.15) is 18.9 Å². The lowest BCUT2D eigenvalue weighted by molar-refractivity contribution is 0.577. The van der Waals surface area contributed by atoms with Gasteiger partial charge in [-0.2, -0.15) is 0 Å². The minimum Gasteiger partial charge on any atom is -0.327 e. The Morgan fingerprint density at radius 2 is 2.12 bits per heavy atom. The molecule has 0 fully saturated rings. The van der Waals surface area contributed by atoms with Crippen molar-refractivity contribution in [1.82, 2.24) is 0 Å². The molecule has 0 saturated heterocycles. The van der Waals surface area contributed by atoms with Gasteiger partial charge in [0.15, 0.2) is 9.84 Å². The predicted octanol–water partition coefficient (Wildman–Crippen LogP) is 2.13. The van der Waals surface area contributed by atoms with E-state index in [1.54, 1.807) is 6.92 Å². The van der Waals surface area contributed by atoms with Crippen molar-refractivity contribution in [2.45, 2.75) is 25.1 Å². The van der Waals surface area contributed by atoms with E-state index in [4.69, 9.17) is 17.3 Å². The fourth-order valence-electron chi connectivity index (χ4n) is 1.40. The van der Waals surface area contributed by atoms with Gasteiger partial charge in [-0.05, 0) is 12.5 Å². The topological polar surface area (TPSA) is 60.2 Å². The number of hydrogen-bond donors (Lipinski definition) is 1. The molecule has 0 amide bonds. The van der Waals surface area contributed by atoms with Gasteiger partial charge in [0.05, 0.1) is 16.5 Å². The molecule has 0 spiro atoms. The van der Waals surface area contributed by atoms with Crippen molar-refractivity contribution in [3.63, 3.8) is 0 Å². The molecule has 0 aliphatic rings. The van der Waals surface area contributed by atoms with E-state index in [2.05, 4.69) is 0 Å². The van der Waals surface area contributed by atoms with Crippen LogP contribution in [0.3, 0.4) is 0 Å². The highest BCUT2D eigenvalue weighted by Gasteiger charge is 2.18. The van der Waals surface area contributed by atoms with Crippen molar-refractivity contribution < 1.29 is 12.8 Å². The Bertz CT molecular complexity index is 490. The smallest absolute Gasteiger partial charge is 0.156 e. The molecule has 1 unspecified atom stereocenters. The van der Waals surface area contributed by atoms with Crippen LogP contribution in [0.4, 0.5) is 4.39 Å². The van der Waals surface area contributed by atoms with Gasteiger partial charge in [0.25, 0.3) is 0 Å². The normalized spacial score (nSPS) is 13.6. The highest BCUT2D eigenvalue weighted by Crippen LogP contribution is 2.20. The number of halogens is 2. The van der Waals surface area contributed by atoms with Crippen LogP contribution < -0.4 is 5.73 Å². The van der Waals surface area contributed by atoms with Crippen LogP contribution in [0, 0.1) is 5.82 Å². The van der Waals surface area contributed by atoms with Crippen LogP contribution in [0.5, 0.6) is 0 Å². The summed E-state index contributed by atoms with van der Waals surface area (Å²) >= 11 is 5.58. The highest BCUT2D eigenvalue weighted by atomic mass is 35.5. The molecule has 0 heterocycles. The van der Waals surface area contributed by atoms with Gasteiger partial charge in [-0.1, -0.05) is 30.7 Å². The fraction of sp³-hybridized carbons (Fsp3) is 0.455. The number of hydrogen-bond acceptors (Lipinski definition) is 3. The molecule has 3 nitrogen and oxygen atoms in total. The van der Waals surface area contributed by atoms with Crippen molar-refractivity contribution in [1.29, 1.82) is 0 Å². The Morgan fingerprint density at radius 3 is 2.71 bits per heavy atom. The average molecular weight is 280 g/mol. The molecule has 0 radical (unpaired) electrons. The second kappa shape index (κ2) is 5.80. The first kappa shape index (κ1) is 14.4. The number of nitrogens with two attached hydrogens (primary N) is 1. The first-order chi connectivity index (χ1) is 7.85. The average Bonchev–Trinajstić information content (AvgIpc) is 2.23. The van der Waals surface area contributed by atoms with Gasteiger partial charge >= 0.3 is 0 Å². The summed E-state index contributed by atoms with van der Waals surface area (Å²) in [5.74, 6) is -1.19. The van der Waals surface area contributed by atoms with Crippen molar-refractivity contribution in [2.75, 3.05) is 5.75 Å². The molecule has 1 rings (SSSR count). The van der Waals surface area contributed by atoms with Gasteiger partial charge in [-0.3, -0.25) is 0 Å². The van der Waals surface area contributed by atoms with Gasteiger partial charge in [0.2, 0.25) is 0 Å². The van der Waals surface area contributed by atoms with E-state index in [0.29, 0.717) is 6.42 Å².